The fraction of sp³-hybridized carbons (Fsp3) is 0.273. The Hall–Kier alpha value is -3.01. The fourth-order valence-electron chi connectivity index (χ4n) is 3.48. The number of carbonyl (C=O) groups excluding carboxylic acids is 1. The Morgan fingerprint density at radius 2 is 1.94 bits per heavy atom. The first-order chi connectivity index (χ1) is 15.5. The highest BCUT2D eigenvalue weighted by atomic mass is 35.5. The molecule has 166 valence electrons. The summed E-state index contributed by atoms with van der Waals surface area (Å²) in [6, 6.07) is 11.9. The van der Waals surface area contributed by atoms with E-state index in [0.717, 1.165) is 53.6 Å². The first kappa shape index (κ1) is 22.2. The molecule has 0 radical (unpaired) electrons. The molecule has 8 nitrogen and oxygen atoms in total. The Morgan fingerprint density at radius 3 is 2.62 bits per heavy atom. The number of fused-ring (bicyclic) bond motifs is 1. The minimum atomic E-state index is -0.450. The van der Waals surface area contributed by atoms with Crippen LogP contribution in [0.25, 0.3) is 16.3 Å². The molecule has 4 rings (SSSR count). The number of hydrogen-bond acceptors (Lipinski definition) is 7. The van der Waals surface area contributed by atoms with Crippen molar-refractivity contribution in [3.05, 3.63) is 69.2 Å². The standard InChI is InChI=1S/C22H22ClN5O3S/c23-18-2-1-3-19-21(18)25-22(32-19)27-14-12-26(13-15-27)11-10-24-20(29)9-6-16-4-7-17(8-5-16)28(30)31/h1-9H,10-15H2,(H,24,29)/b9-6-. The lowest BCUT2D eigenvalue weighted by molar-refractivity contribution is -0.384. The molecule has 1 fully saturated rings. The second kappa shape index (κ2) is 10.1. The quantitative estimate of drug-likeness (QED) is 0.320. The molecule has 10 heteroatoms. The van der Waals surface area contributed by atoms with Gasteiger partial charge in [-0.3, -0.25) is 19.8 Å². The zero-order valence-corrected chi connectivity index (χ0v) is 18.8. The first-order valence-electron chi connectivity index (χ1n) is 10.2. The highest BCUT2D eigenvalue weighted by Crippen LogP contribution is 2.33. The molecule has 3 aromatic rings. The molecular formula is C22H22ClN5O3S. The molecule has 1 amide bonds. The number of para-hydroxylation sites is 1. The molecule has 1 aliphatic heterocycles. The summed E-state index contributed by atoms with van der Waals surface area (Å²) in [6.07, 6.45) is 3.08. The number of amides is 1. The number of nitro groups is 1. The van der Waals surface area contributed by atoms with E-state index in [0.29, 0.717) is 11.6 Å². The van der Waals surface area contributed by atoms with Gasteiger partial charge in [0.15, 0.2) is 5.13 Å². The van der Waals surface area contributed by atoms with E-state index in [1.165, 1.54) is 18.2 Å². The molecule has 0 spiro atoms. The summed E-state index contributed by atoms with van der Waals surface area (Å²) >= 11 is 7.90. The number of benzene rings is 2. The van der Waals surface area contributed by atoms with E-state index in [-0.39, 0.29) is 11.6 Å². The van der Waals surface area contributed by atoms with Crippen LogP contribution in [0.1, 0.15) is 5.56 Å². The van der Waals surface area contributed by atoms with Crippen LogP contribution in [-0.4, -0.2) is 60.0 Å². The normalized spacial score (nSPS) is 14.8. The van der Waals surface area contributed by atoms with Gasteiger partial charge in [-0.1, -0.05) is 29.0 Å². The number of halogens is 1. The molecule has 0 atom stereocenters. The zero-order valence-electron chi connectivity index (χ0n) is 17.2. The Kier molecular flexibility index (Phi) is 6.99. The Bertz CT molecular complexity index is 1140. The summed E-state index contributed by atoms with van der Waals surface area (Å²) < 4.78 is 1.10. The molecule has 2 heterocycles. The molecular weight excluding hydrogens is 450 g/mol. The number of carbonyl (C=O) groups is 1. The summed E-state index contributed by atoms with van der Waals surface area (Å²) in [7, 11) is 0. The van der Waals surface area contributed by atoms with Gasteiger partial charge in [0.2, 0.25) is 5.91 Å². The van der Waals surface area contributed by atoms with Crippen LogP contribution in [0.15, 0.2) is 48.5 Å². The predicted octanol–water partition coefficient (Wildman–Crippen LogP) is 3.81. The van der Waals surface area contributed by atoms with Crippen LogP contribution < -0.4 is 10.2 Å². The third-order valence-corrected chi connectivity index (χ3v) is 6.65. The van der Waals surface area contributed by atoms with Gasteiger partial charge in [-0.25, -0.2) is 4.98 Å². The third-order valence-electron chi connectivity index (χ3n) is 5.26. The van der Waals surface area contributed by atoms with Gasteiger partial charge in [0, 0.05) is 57.5 Å². The first-order valence-corrected chi connectivity index (χ1v) is 11.4. The maximum absolute atomic E-state index is 12.0. The number of thiazole rings is 1. The molecule has 1 aliphatic rings. The summed E-state index contributed by atoms with van der Waals surface area (Å²) in [5.74, 6) is -0.187. The van der Waals surface area contributed by atoms with Crippen LogP contribution in [0.5, 0.6) is 0 Å². The SMILES string of the molecule is O=C(/C=C\c1ccc([N+](=O)[O-])cc1)NCCN1CCN(c2nc3c(Cl)cccc3s2)CC1. The molecule has 0 unspecified atom stereocenters. The van der Waals surface area contributed by atoms with Crippen molar-refractivity contribution in [3.63, 3.8) is 0 Å². The molecule has 0 saturated carbocycles. The Morgan fingerprint density at radius 1 is 1.19 bits per heavy atom. The highest BCUT2D eigenvalue weighted by Gasteiger charge is 2.20. The monoisotopic (exact) mass is 471 g/mol. The highest BCUT2D eigenvalue weighted by molar-refractivity contribution is 7.22. The average Bonchev–Trinajstić information content (AvgIpc) is 3.24. The smallest absolute Gasteiger partial charge is 0.269 e. The van der Waals surface area contributed by atoms with E-state index in [9.17, 15) is 14.9 Å². The Labute approximate surface area is 194 Å². The van der Waals surface area contributed by atoms with E-state index >= 15 is 0 Å². The van der Waals surface area contributed by atoms with Gasteiger partial charge >= 0.3 is 0 Å². The lowest BCUT2D eigenvalue weighted by Gasteiger charge is -2.34. The van der Waals surface area contributed by atoms with Crippen molar-refractivity contribution in [2.75, 3.05) is 44.2 Å². The van der Waals surface area contributed by atoms with Crippen LogP contribution >= 0.6 is 22.9 Å². The van der Waals surface area contributed by atoms with Gasteiger partial charge in [0.25, 0.3) is 5.69 Å². The Balaban J connectivity index is 1.19. The maximum atomic E-state index is 12.0. The fourth-order valence-corrected chi connectivity index (χ4v) is 4.79. The lowest BCUT2D eigenvalue weighted by atomic mass is 10.2. The molecule has 0 bridgehead atoms. The minimum absolute atomic E-state index is 0.0265. The molecule has 32 heavy (non-hydrogen) atoms. The summed E-state index contributed by atoms with van der Waals surface area (Å²) in [6.45, 7) is 4.89. The van der Waals surface area contributed by atoms with E-state index < -0.39 is 4.92 Å². The van der Waals surface area contributed by atoms with E-state index in [1.54, 1.807) is 29.5 Å². The van der Waals surface area contributed by atoms with Gasteiger partial charge in [0.05, 0.1) is 14.6 Å². The van der Waals surface area contributed by atoms with Crippen molar-refractivity contribution in [2.45, 2.75) is 0 Å². The molecule has 1 aromatic heterocycles. The summed E-state index contributed by atoms with van der Waals surface area (Å²) in [5, 5.41) is 15.2. The van der Waals surface area contributed by atoms with Crippen LogP contribution in [0.2, 0.25) is 5.02 Å². The number of hydrogen-bond donors (Lipinski definition) is 1. The lowest BCUT2D eigenvalue weighted by Crippen LogP contribution is -2.48. The van der Waals surface area contributed by atoms with Crippen molar-refractivity contribution in [1.29, 1.82) is 0 Å². The second-order valence-electron chi connectivity index (χ2n) is 7.38. The van der Waals surface area contributed by atoms with Crippen molar-refractivity contribution in [2.24, 2.45) is 0 Å². The number of anilines is 1. The summed E-state index contributed by atoms with van der Waals surface area (Å²) in [4.78, 5) is 31.6. The van der Waals surface area contributed by atoms with Gasteiger partial charge in [0.1, 0.15) is 5.52 Å². The maximum Gasteiger partial charge on any atom is 0.269 e. The third kappa shape index (κ3) is 5.42. The number of nitrogens with zero attached hydrogens (tertiary/aromatic N) is 4. The molecule has 1 N–H and O–H groups in total. The number of rotatable bonds is 7. The van der Waals surface area contributed by atoms with Crippen LogP contribution in [0.4, 0.5) is 10.8 Å². The number of piperazine rings is 1. The van der Waals surface area contributed by atoms with E-state index in [1.807, 2.05) is 18.2 Å². The number of non-ortho nitro benzene ring substituents is 1. The largest absolute Gasteiger partial charge is 0.351 e. The number of nitrogens with one attached hydrogen (secondary N) is 1. The van der Waals surface area contributed by atoms with Crippen LogP contribution in [0.3, 0.4) is 0 Å². The molecule has 2 aromatic carbocycles. The van der Waals surface area contributed by atoms with Crippen LogP contribution in [0, 0.1) is 10.1 Å². The predicted molar refractivity (Wildman–Crippen MR) is 128 cm³/mol. The topological polar surface area (TPSA) is 91.6 Å². The second-order valence-corrected chi connectivity index (χ2v) is 8.80. The average molecular weight is 472 g/mol. The van der Waals surface area contributed by atoms with Gasteiger partial charge < -0.3 is 10.2 Å². The minimum Gasteiger partial charge on any atom is -0.351 e. The van der Waals surface area contributed by atoms with Crippen molar-refractivity contribution in [3.8, 4) is 0 Å². The van der Waals surface area contributed by atoms with E-state index in [4.69, 9.17) is 16.6 Å². The van der Waals surface area contributed by atoms with Crippen LogP contribution in [-0.2, 0) is 4.79 Å². The van der Waals surface area contributed by atoms with Crippen molar-refractivity contribution in [1.82, 2.24) is 15.2 Å². The van der Waals surface area contributed by atoms with Gasteiger partial charge in [-0.05, 0) is 35.9 Å². The molecule has 0 aliphatic carbocycles. The van der Waals surface area contributed by atoms with Gasteiger partial charge in [-0.2, -0.15) is 0 Å². The van der Waals surface area contributed by atoms with Gasteiger partial charge in [-0.15, -0.1) is 0 Å². The van der Waals surface area contributed by atoms with E-state index in [2.05, 4.69) is 15.1 Å². The molecule has 1 saturated heterocycles. The zero-order chi connectivity index (χ0) is 22.5. The van der Waals surface area contributed by atoms with Crippen molar-refractivity contribution >= 4 is 56.0 Å². The van der Waals surface area contributed by atoms with Crippen molar-refractivity contribution < 1.29 is 9.72 Å². The summed E-state index contributed by atoms with van der Waals surface area (Å²) in [5.41, 5.74) is 1.62. The number of nitro benzene ring substituents is 1. The number of aromatic nitrogens is 1.